The van der Waals surface area contributed by atoms with E-state index in [0.717, 1.165) is 38.3 Å². The Kier molecular flexibility index (Phi) is 6.02. The first-order chi connectivity index (χ1) is 8.05. The lowest BCUT2D eigenvalue weighted by Gasteiger charge is -2.16. The van der Waals surface area contributed by atoms with E-state index in [1.54, 1.807) is 0 Å². The Balaban J connectivity index is 2.30. The summed E-state index contributed by atoms with van der Waals surface area (Å²) in [6, 6.07) is 0. The molecule has 0 aromatic carbocycles. The van der Waals surface area contributed by atoms with Crippen LogP contribution in [0.5, 0.6) is 0 Å². The third kappa shape index (κ3) is 5.10. The van der Waals surface area contributed by atoms with Gasteiger partial charge in [0.15, 0.2) is 0 Å². The van der Waals surface area contributed by atoms with E-state index in [-0.39, 0.29) is 5.41 Å². The molecule has 0 fully saturated rings. The number of nitrogens with one attached hydrogen (secondary N) is 2. The predicted octanol–water partition coefficient (Wildman–Crippen LogP) is 1.92. The highest BCUT2D eigenvalue weighted by Gasteiger charge is 2.21. The van der Waals surface area contributed by atoms with Crippen molar-refractivity contribution >= 4 is 11.5 Å². The Labute approximate surface area is 108 Å². The van der Waals surface area contributed by atoms with Gasteiger partial charge in [0.25, 0.3) is 0 Å². The second-order valence-corrected chi connectivity index (χ2v) is 6.02. The zero-order chi connectivity index (χ0) is 12.7. The van der Waals surface area contributed by atoms with Crippen LogP contribution >= 0.6 is 11.5 Å². The van der Waals surface area contributed by atoms with Crippen LogP contribution in [0.2, 0.25) is 0 Å². The van der Waals surface area contributed by atoms with E-state index in [4.69, 9.17) is 0 Å². The Bertz CT molecular complexity index is 317. The summed E-state index contributed by atoms with van der Waals surface area (Å²) < 4.78 is 4.06. The number of hydrogen-bond donors (Lipinski definition) is 2. The van der Waals surface area contributed by atoms with Crippen LogP contribution in [-0.4, -0.2) is 29.2 Å². The van der Waals surface area contributed by atoms with Gasteiger partial charge in [-0.1, -0.05) is 32.2 Å². The van der Waals surface area contributed by atoms with Gasteiger partial charge in [-0.05, 0) is 37.6 Å². The number of hydrogen-bond acceptors (Lipinski definition) is 5. The Morgan fingerprint density at radius 3 is 2.53 bits per heavy atom. The van der Waals surface area contributed by atoms with Gasteiger partial charge >= 0.3 is 0 Å². The van der Waals surface area contributed by atoms with Crippen molar-refractivity contribution in [3.05, 3.63) is 10.6 Å². The minimum Gasteiger partial charge on any atom is -0.317 e. The quantitative estimate of drug-likeness (QED) is 0.732. The average Bonchev–Trinajstić information content (AvgIpc) is 2.71. The average molecular weight is 256 g/mol. The second-order valence-electron chi connectivity index (χ2n) is 5.18. The molecule has 0 saturated carbocycles. The summed E-state index contributed by atoms with van der Waals surface area (Å²) in [5.41, 5.74) is 1.22. The summed E-state index contributed by atoms with van der Waals surface area (Å²) >= 11 is 1.51. The maximum atomic E-state index is 4.23. The van der Waals surface area contributed by atoms with E-state index in [1.165, 1.54) is 16.4 Å². The van der Waals surface area contributed by atoms with Gasteiger partial charge in [-0.15, -0.1) is 5.10 Å². The lowest BCUT2D eigenvalue weighted by atomic mass is 9.91. The fourth-order valence-electron chi connectivity index (χ4n) is 1.61. The minimum absolute atomic E-state index is 0.0911. The molecule has 98 valence electrons. The first-order valence-electron chi connectivity index (χ1n) is 6.29. The summed E-state index contributed by atoms with van der Waals surface area (Å²) in [6.07, 6.45) is 1.16. The molecule has 0 atom stereocenters. The van der Waals surface area contributed by atoms with Gasteiger partial charge in [0.2, 0.25) is 0 Å². The highest BCUT2D eigenvalue weighted by molar-refractivity contribution is 7.05. The van der Waals surface area contributed by atoms with Gasteiger partial charge in [0, 0.05) is 12.0 Å². The van der Waals surface area contributed by atoms with Crippen molar-refractivity contribution in [2.24, 2.45) is 0 Å². The zero-order valence-corrected chi connectivity index (χ0v) is 12.2. The third-order valence-corrected chi connectivity index (χ3v) is 3.23. The smallest absolute Gasteiger partial charge is 0.0854 e. The molecule has 0 aliphatic carbocycles. The monoisotopic (exact) mass is 256 g/mol. The number of rotatable bonds is 7. The summed E-state index contributed by atoms with van der Waals surface area (Å²) in [6.45, 7) is 12.7. The minimum atomic E-state index is 0.0911. The molecule has 1 heterocycles. The zero-order valence-electron chi connectivity index (χ0n) is 11.3. The largest absolute Gasteiger partial charge is 0.317 e. The van der Waals surface area contributed by atoms with Crippen molar-refractivity contribution in [3.63, 3.8) is 0 Å². The fraction of sp³-hybridized carbons (Fsp3) is 0.833. The van der Waals surface area contributed by atoms with Crippen molar-refractivity contribution < 1.29 is 0 Å². The topological polar surface area (TPSA) is 49.8 Å². The molecule has 4 nitrogen and oxygen atoms in total. The number of nitrogens with zero attached hydrogens (tertiary/aromatic N) is 2. The van der Waals surface area contributed by atoms with Crippen LogP contribution in [0.15, 0.2) is 0 Å². The Morgan fingerprint density at radius 1 is 1.18 bits per heavy atom. The lowest BCUT2D eigenvalue weighted by Crippen LogP contribution is -2.22. The van der Waals surface area contributed by atoms with Gasteiger partial charge in [-0.2, -0.15) is 0 Å². The van der Waals surface area contributed by atoms with Crippen molar-refractivity contribution in [1.29, 1.82) is 0 Å². The highest BCUT2D eigenvalue weighted by Crippen LogP contribution is 2.25. The number of aromatic nitrogens is 2. The maximum absolute atomic E-state index is 4.23. The molecular formula is C12H24N4S. The first-order valence-corrected chi connectivity index (χ1v) is 7.06. The molecule has 1 aromatic heterocycles. The van der Waals surface area contributed by atoms with Gasteiger partial charge in [-0.25, -0.2) is 0 Å². The van der Waals surface area contributed by atoms with Gasteiger partial charge in [0.1, 0.15) is 0 Å². The molecular weight excluding hydrogens is 232 g/mol. The van der Waals surface area contributed by atoms with Crippen LogP contribution in [0, 0.1) is 0 Å². The van der Waals surface area contributed by atoms with Crippen LogP contribution in [0.4, 0.5) is 0 Å². The van der Waals surface area contributed by atoms with E-state index in [1.807, 2.05) is 0 Å². The molecule has 0 bridgehead atoms. The summed E-state index contributed by atoms with van der Waals surface area (Å²) in [5.74, 6) is 0. The predicted molar refractivity (Wildman–Crippen MR) is 73.5 cm³/mol. The molecule has 0 spiro atoms. The highest BCUT2D eigenvalue weighted by atomic mass is 32.1. The van der Waals surface area contributed by atoms with Crippen LogP contribution < -0.4 is 10.6 Å². The van der Waals surface area contributed by atoms with Crippen LogP contribution in [-0.2, 0) is 12.0 Å². The Hall–Kier alpha value is -0.520. The fourth-order valence-corrected chi connectivity index (χ4v) is 2.43. The van der Waals surface area contributed by atoms with Crippen LogP contribution in [0.25, 0.3) is 0 Å². The standard InChI is InChI=1S/C12H24N4S/c1-5-13-7-6-8-14-9-10-11(12(2,3)4)15-16-17-10/h13-14H,5-9H2,1-4H3. The molecule has 0 aliphatic rings. The van der Waals surface area contributed by atoms with Crippen LogP contribution in [0.1, 0.15) is 44.7 Å². The third-order valence-electron chi connectivity index (χ3n) is 2.51. The summed E-state index contributed by atoms with van der Waals surface area (Å²) in [7, 11) is 0. The summed E-state index contributed by atoms with van der Waals surface area (Å²) in [5, 5.41) is 11.0. The van der Waals surface area contributed by atoms with E-state index in [0.29, 0.717) is 0 Å². The van der Waals surface area contributed by atoms with Gasteiger partial charge in [0.05, 0.1) is 10.6 Å². The van der Waals surface area contributed by atoms with Crippen LogP contribution in [0.3, 0.4) is 0 Å². The lowest BCUT2D eigenvalue weighted by molar-refractivity contribution is 0.550. The molecule has 0 saturated heterocycles. The van der Waals surface area contributed by atoms with E-state index >= 15 is 0 Å². The van der Waals surface area contributed by atoms with Crippen molar-refractivity contribution in [2.75, 3.05) is 19.6 Å². The van der Waals surface area contributed by atoms with E-state index in [2.05, 4.69) is 47.9 Å². The SMILES string of the molecule is CCNCCCNCc1snnc1C(C)(C)C. The molecule has 0 amide bonds. The molecule has 0 aliphatic heterocycles. The molecule has 2 N–H and O–H groups in total. The van der Waals surface area contributed by atoms with Gasteiger partial charge < -0.3 is 10.6 Å². The van der Waals surface area contributed by atoms with Crippen molar-refractivity contribution in [1.82, 2.24) is 20.2 Å². The molecule has 1 aromatic rings. The summed E-state index contributed by atoms with van der Waals surface area (Å²) in [4.78, 5) is 1.26. The van der Waals surface area contributed by atoms with Crippen molar-refractivity contribution in [3.8, 4) is 0 Å². The maximum Gasteiger partial charge on any atom is 0.0854 e. The first kappa shape index (κ1) is 14.5. The molecule has 17 heavy (non-hydrogen) atoms. The van der Waals surface area contributed by atoms with E-state index < -0.39 is 0 Å². The molecule has 0 radical (unpaired) electrons. The second kappa shape index (κ2) is 7.03. The Morgan fingerprint density at radius 2 is 1.88 bits per heavy atom. The molecule has 5 heteroatoms. The molecule has 0 unspecified atom stereocenters. The van der Waals surface area contributed by atoms with Crippen molar-refractivity contribution in [2.45, 2.75) is 46.1 Å². The van der Waals surface area contributed by atoms with Gasteiger partial charge in [-0.3, -0.25) is 0 Å². The van der Waals surface area contributed by atoms with E-state index in [9.17, 15) is 0 Å². The normalized spacial score (nSPS) is 12.0. The molecule has 1 rings (SSSR count).